The third-order valence-corrected chi connectivity index (χ3v) is 0.258. The predicted molar refractivity (Wildman–Crippen MR) is 29.2 cm³/mol. The first-order valence-electron chi connectivity index (χ1n) is 2.56. The molecule has 0 spiro atoms. The summed E-state index contributed by atoms with van der Waals surface area (Å²) in [4.78, 5) is 7.08. The Labute approximate surface area is 71.5 Å². The van der Waals surface area contributed by atoms with E-state index in [2.05, 4.69) is 9.78 Å². The van der Waals surface area contributed by atoms with E-state index in [0.29, 0.717) is 13.2 Å². The second-order valence-electron chi connectivity index (χ2n) is 0.836. The van der Waals surface area contributed by atoms with Crippen molar-refractivity contribution in [2.75, 3.05) is 13.2 Å². The Morgan fingerprint density at radius 2 is 1.20 bits per heavy atom. The van der Waals surface area contributed by atoms with Crippen LogP contribution in [0.2, 0.25) is 0 Å². The molecule has 0 amide bonds. The van der Waals surface area contributed by atoms with E-state index in [-0.39, 0.29) is 0 Å². The van der Waals surface area contributed by atoms with Gasteiger partial charge in [0.25, 0.3) is 0 Å². The third kappa shape index (κ3) is 81.5. The molecule has 0 aromatic rings. The van der Waals surface area contributed by atoms with Crippen LogP contribution in [-0.2, 0) is 33.5 Å². The van der Waals surface area contributed by atoms with Gasteiger partial charge in [0.05, 0.1) is 13.2 Å². The summed E-state index contributed by atoms with van der Waals surface area (Å²) < 4.78 is 8.25. The van der Waals surface area contributed by atoms with Gasteiger partial charge in [0.2, 0.25) is 0 Å². The summed E-state index contributed by atoms with van der Waals surface area (Å²) in [5.41, 5.74) is 0. The van der Waals surface area contributed by atoms with E-state index >= 15 is 0 Å². The van der Waals surface area contributed by atoms with Crippen LogP contribution in [0.15, 0.2) is 0 Å². The average molecular weight is 188 g/mol. The SMILES string of the molecule is CCOO.CCOO.[O]=[Ti]. The first kappa shape index (κ1) is 16.8. The van der Waals surface area contributed by atoms with E-state index in [4.69, 9.17) is 13.8 Å². The van der Waals surface area contributed by atoms with E-state index < -0.39 is 0 Å². The van der Waals surface area contributed by atoms with E-state index in [1.807, 2.05) is 0 Å². The Bertz CT molecular complexity index is 28.8. The maximum absolute atomic E-state index is 8.25. The van der Waals surface area contributed by atoms with Crippen LogP contribution in [0.3, 0.4) is 0 Å². The van der Waals surface area contributed by atoms with Crippen LogP contribution < -0.4 is 0 Å². The van der Waals surface area contributed by atoms with Gasteiger partial charge >= 0.3 is 23.7 Å². The predicted octanol–water partition coefficient (Wildman–Crippen LogP) is 0.871. The summed E-state index contributed by atoms with van der Waals surface area (Å²) in [6.45, 7) is 4.17. The van der Waals surface area contributed by atoms with Gasteiger partial charge in [-0.1, -0.05) is 0 Å². The van der Waals surface area contributed by atoms with Gasteiger partial charge < -0.3 is 0 Å². The van der Waals surface area contributed by atoms with Crippen molar-refractivity contribution in [2.24, 2.45) is 0 Å². The molecule has 0 aliphatic rings. The topological polar surface area (TPSA) is 76.0 Å². The molecular weight excluding hydrogens is 176 g/mol. The standard InChI is InChI=1S/2C2H6O2.O.Ti/c2*1-2-4-3;;/h2*3H,2H2,1H3;;. The Morgan fingerprint density at radius 1 is 1.10 bits per heavy atom. The quantitative estimate of drug-likeness (QED) is 0.382. The molecule has 0 saturated carbocycles. The molecule has 2 N–H and O–H groups in total. The normalized spacial score (nSPS) is 6.30. The summed E-state index contributed by atoms with van der Waals surface area (Å²) in [5, 5.41) is 14.8. The molecule has 0 bridgehead atoms. The molecule has 0 aromatic carbocycles. The molecule has 0 heterocycles. The molecule has 5 nitrogen and oxygen atoms in total. The molecule has 0 fully saturated rings. The zero-order valence-electron chi connectivity index (χ0n) is 6.03. The van der Waals surface area contributed by atoms with Crippen molar-refractivity contribution < 1.29 is 44.0 Å². The molecule has 62 valence electrons. The van der Waals surface area contributed by atoms with Gasteiger partial charge in [0, 0.05) is 0 Å². The van der Waals surface area contributed by atoms with Crippen molar-refractivity contribution in [1.29, 1.82) is 0 Å². The molecule has 10 heavy (non-hydrogen) atoms. The molecular formula is C4H12O5Ti. The second kappa shape index (κ2) is 34.4. The molecule has 0 saturated heterocycles. The van der Waals surface area contributed by atoms with Crippen LogP contribution in [0.25, 0.3) is 0 Å². The number of rotatable bonds is 2. The summed E-state index contributed by atoms with van der Waals surface area (Å²) in [7, 11) is 0. The van der Waals surface area contributed by atoms with Crippen molar-refractivity contribution in [3.05, 3.63) is 0 Å². The Hall–Kier alpha value is 0.354. The van der Waals surface area contributed by atoms with Crippen molar-refractivity contribution >= 4 is 0 Å². The van der Waals surface area contributed by atoms with E-state index in [9.17, 15) is 0 Å². The van der Waals surface area contributed by atoms with Gasteiger partial charge in [-0.05, 0) is 13.8 Å². The maximum atomic E-state index is 8.25. The van der Waals surface area contributed by atoms with Crippen LogP contribution in [0.5, 0.6) is 0 Å². The molecule has 0 aliphatic carbocycles. The first-order valence-corrected chi connectivity index (χ1v) is 3.20. The fraction of sp³-hybridized carbons (Fsp3) is 1.00. The summed E-state index contributed by atoms with van der Waals surface area (Å²) >= 11 is 0.750. The summed E-state index contributed by atoms with van der Waals surface area (Å²) in [5.74, 6) is 0. The van der Waals surface area contributed by atoms with E-state index in [0.717, 1.165) is 20.4 Å². The second-order valence-corrected chi connectivity index (χ2v) is 0.836. The minimum atomic E-state index is 0.375. The number of hydrogen-bond acceptors (Lipinski definition) is 5. The fourth-order valence-corrected chi connectivity index (χ4v) is 0. The molecule has 0 aromatic heterocycles. The molecule has 0 unspecified atom stereocenters. The van der Waals surface area contributed by atoms with Crippen molar-refractivity contribution in [3.63, 3.8) is 0 Å². The Kier molecular flexibility index (Phi) is 57.7. The zero-order valence-corrected chi connectivity index (χ0v) is 7.59. The minimum absolute atomic E-state index is 0.375. The molecule has 0 rings (SSSR count). The van der Waals surface area contributed by atoms with Crippen LogP contribution in [0.1, 0.15) is 13.8 Å². The van der Waals surface area contributed by atoms with E-state index in [1.165, 1.54) is 0 Å². The van der Waals surface area contributed by atoms with E-state index in [1.54, 1.807) is 13.8 Å². The fourth-order valence-electron chi connectivity index (χ4n) is 0. The van der Waals surface area contributed by atoms with Crippen molar-refractivity contribution in [2.45, 2.75) is 13.8 Å². The van der Waals surface area contributed by atoms with Gasteiger partial charge in [-0.2, -0.15) is 0 Å². The van der Waals surface area contributed by atoms with Crippen LogP contribution in [0, 0.1) is 0 Å². The summed E-state index contributed by atoms with van der Waals surface area (Å²) in [6, 6.07) is 0. The molecule has 0 aliphatic heterocycles. The molecule has 6 heteroatoms. The third-order valence-electron chi connectivity index (χ3n) is 0.258. The Morgan fingerprint density at radius 3 is 1.20 bits per heavy atom. The van der Waals surface area contributed by atoms with Crippen LogP contribution >= 0.6 is 0 Å². The summed E-state index contributed by atoms with van der Waals surface area (Å²) in [6.07, 6.45) is 0. The van der Waals surface area contributed by atoms with Gasteiger partial charge in [-0.25, -0.2) is 9.78 Å². The van der Waals surface area contributed by atoms with Crippen molar-refractivity contribution in [1.82, 2.24) is 0 Å². The van der Waals surface area contributed by atoms with Gasteiger partial charge in [0.15, 0.2) is 0 Å². The molecule has 0 radical (unpaired) electrons. The monoisotopic (exact) mass is 188 g/mol. The van der Waals surface area contributed by atoms with Crippen LogP contribution in [0.4, 0.5) is 0 Å². The van der Waals surface area contributed by atoms with Crippen molar-refractivity contribution in [3.8, 4) is 0 Å². The zero-order chi connectivity index (χ0) is 8.83. The van der Waals surface area contributed by atoms with Gasteiger partial charge in [-0.3, -0.25) is 10.5 Å². The van der Waals surface area contributed by atoms with Gasteiger partial charge in [0.1, 0.15) is 0 Å². The van der Waals surface area contributed by atoms with Gasteiger partial charge in [-0.15, -0.1) is 0 Å². The average Bonchev–Trinajstić information content (AvgIpc) is 2.08. The first-order chi connectivity index (χ1) is 4.83. The Balaban J connectivity index is -0.0000000787. The molecule has 0 atom stereocenters. The van der Waals surface area contributed by atoms with Crippen LogP contribution in [-0.4, -0.2) is 23.7 Å². The number of hydrogen-bond donors (Lipinski definition) is 2.